The van der Waals surface area contributed by atoms with Gasteiger partial charge in [0.05, 0.1) is 13.2 Å². The smallest absolute Gasteiger partial charge is 0.185 e. The Balaban J connectivity index is 2.28. The van der Waals surface area contributed by atoms with Gasteiger partial charge < -0.3 is 29.9 Å². The van der Waals surface area contributed by atoms with Gasteiger partial charge >= 0.3 is 0 Å². The van der Waals surface area contributed by atoms with E-state index in [4.69, 9.17) is 21.1 Å². The van der Waals surface area contributed by atoms with Crippen molar-refractivity contribution in [3.63, 3.8) is 0 Å². The van der Waals surface area contributed by atoms with Crippen molar-refractivity contribution >= 4 is 11.6 Å². The Kier molecular flexibility index (Phi) is 5.34. The summed E-state index contributed by atoms with van der Waals surface area (Å²) in [6.45, 7) is -0.979. The molecule has 6 nitrogen and oxygen atoms in total. The van der Waals surface area contributed by atoms with Gasteiger partial charge in [-0.2, -0.15) is 0 Å². The van der Waals surface area contributed by atoms with Crippen LogP contribution in [0.1, 0.15) is 11.9 Å². The second-order valence-electron chi connectivity index (χ2n) is 4.58. The molecule has 0 aliphatic carbocycles. The lowest BCUT2D eigenvalue weighted by molar-refractivity contribution is -0.199. The van der Waals surface area contributed by atoms with E-state index in [0.29, 0.717) is 10.6 Å². The first-order valence-corrected chi connectivity index (χ1v) is 6.59. The van der Waals surface area contributed by atoms with Gasteiger partial charge in [-0.3, -0.25) is 0 Å². The normalized spacial score (nSPS) is 34.8. The summed E-state index contributed by atoms with van der Waals surface area (Å²) in [4.78, 5) is 0. The SMILES string of the molecule is OC[C@@H]1OC(c2cccc(Cl)c2)O[C@H](CO)[C@@H](O)[C@@H]1O. The van der Waals surface area contributed by atoms with Crippen molar-refractivity contribution in [2.24, 2.45) is 0 Å². The zero-order chi connectivity index (χ0) is 14.7. The molecule has 1 aromatic rings. The molecule has 0 aromatic heterocycles. The van der Waals surface area contributed by atoms with E-state index in [1.165, 1.54) is 0 Å². The van der Waals surface area contributed by atoms with Crippen molar-refractivity contribution in [2.75, 3.05) is 13.2 Å². The molecule has 1 aliphatic rings. The van der Waals surface area contributed by atoms with Crippen LogP contribution < -0.4 is 0 Å². The summed E-state index contributed by atoms with van der Waals surface area (Å²) < 4.78 is 10.9. The van der Waals surface area contributed by atoms with Crippen LogP contribution in [0.3, 0.4) is 0 Å². The molecule has 1 saturated heterocycles. The minimum absolute atomic E-state index is 0.473. The molecule has 0 spiro atoms. The highest BCUT2D eigenvalue weighted by Gasteiger charge is 2.40. The number of aliphatic hydroxyl groups excluding tert-OH is 4. The second-order valence-corrected chi connectivity index (χ2v) is 5.02. The molecule has 4 N–H and O–H groups in total. The van der Waals surface area contributed by atoms with Crippen LogP contribution in [-0.2, 0) is 9.47 Å². The molecule has 1 fully saturated rings. The first-order valence-electron chi connectivity index (χ1n) is 6.21. The Morgan fingerprint density at radius 3 is 2.00 bits per heavy atom. The van der Waals surface area contributed by atoms with Gasteiger partial charge in [0.25, 0.3) is 0 Å². The van der Waals surface area contributed by atoms with E-state index in [2.05, 4.69) is 0 Å². The first-order chi connectivity index (χ1) is 9.56. The molecule has 7 heteroatoms. The van der Waals surface area contributed by atoms with E-state index < -0.39 is 43.9 Å². The Morgan fingerprint density at radius 2 is 1.55 bits per heavy atom. The zero-order valence-corrected chi connectivity index (χ0v) is 11.3. The van der Waals surface area contributed by atoms with Gasteiger partial charge in [-0.05, 0) is 12.1 Å². The molecule has 1 unspecified atom stereocenters. The minimum atomic E-state index is -1.36. The van der Waals surface area contributed by atoms with Gasteiger partial charge in [0.15, 0.2) is 6.29 Å². The van der Waals surface area contributed by atoms with Crippen molar-refractivity contribution < 1.29 is 29.9 Å². The van der Waals surface area contributed by atoms with Crippen LogP contribution in [0.15, 0.2) is 24.3 Å². The predicted molar refractivity (Wildman–Crippen MR) is 70.1 cm³/mol. The van der Waals surface area contributed by atoms with Gasteiger partial charge in [0.2, 0.25) is 0 Å². The fourth-order valence-corrected chi connectivity index (χ4v) is 2.26. The van der Waals surface area contributed by atoms with Gasteiger partial charge in [0.1, 0.15) is 24.4 Å². The molecule has 5 atom stereocenters. The molecule has 2 rings (SSSR count). The van der Waals surface area contributed by atoms with Crippen molar-refractivity contribution in [2.45, 2.75) is 30.7 Å². The third-order valence-electron chi connectivity index (χ3n) is 3.19. The molecule has 0 radical (unpaired) electrons. The van der Waals surface area contributed by atoms with Crippen molar-refractivity contribution in [3.05, 3.63) is 34.9 Å². The highest BCUT2D eigenvalue weighted by molar-refractivity contribution is 6.30. The summed E-state index contributed by atoms with van der Waals surface area (Å²) in [5, 5.41) is 38.7. The maximum absolute atomic E-state index is 9.89. The number of ether oxygens (including phenoxy) is 2. The van der Waals surface area contributed by atoms with Crippen LogP contribution in [0.5, 0.6) is 0 Å². The molecule has 1 heterocycles. The minimum Gasteiger partial charge on any atom is -0.394 e. The summed E-state index contributed by atoms with van der Waals surface area (Å²) in [6, 6.07) is 6.69. The number of benzene rings is 1. The molecule has 1 aromatic carbocycles. The number of halogens is 1. The number of hydrogen-bond donors (Lipinski definition) is 4. The fraction of sp³-hybridized carbons (Fsp3) is 0.538. The highest BCUT2D eigenvalue weighted by atomic mass is 35.5. The van der Waals surface area contributed by atoms with Crippen molar-refractivity contribution in [1.82, 2.24) is 0 Å². The van der Waals surface area contributed by atoms with E-state index in [1.54, 1.807) is 24.3 Å². The van der Waals surface area contributed by atoms with E-state index in [1.807, 2.05) is 0 Å². The lowest BCUT2D eigenvalue weighted by atomic mass is 10.0. The summed E-state index contributed by atoms with van der Waals surface area (Å²) in [5.41, 5.74) is 0.565. The maximum Gasteiger partial charge on any atom is 0.185 e. The fourth-order valence-electron chi connectivity index (χ4n) is 2.06. The van der Waals surface area contributed by atoms with Crippen LogP contribution >= 0.6 is 11.6 Å². The summed E-state index contributed by atoms with van der Waals surface area (Å²) in [7, 11) is 0. The topological polar surface area (TPSA) is 99.4 Å². The molecule has 112 valence electrons. The average molecular weight is 305 g/mol. The zero-order valence-electron chi connectivity index (χ0n) is 10.6. The number of aliphatic hydroxyl groups is 4. The summed E-state index contributed by atoms with van der Waals surface area (Å²) in [5.74, 6) is 0. The Bertz CT molecular complexity index is 425. The Labute approximate surface area is 121 Å². The average Bonchev–Trinajstić information content (AvgIpc) is 2.57. The first kappa shape index (κ1) is 15.7. The third kappa shape index (κ3) is 3.29. The van der Waals surface area contributed by atoms with E-state index in [-0.39, 0.29) is 0 Å². The molecule has 0 saturated carbocycles. The van der Waals surface area contributed by atoms with E-state index in [0.717, 1.165) is 0 Å². The monoisotopic (exact) mass is 304 g/mol. The van der Waals surface area contributed by atoms with Crippen LogP contribution in [0.25, 0.3) is 0 Å². The van der Waals surface area contributed by atoms with Crippen molar-refractivity contribution in [3.8, 4) is 0 Å². The molecular formula is C13H17ClO6. The lowest BCUT2D eigenvalue weighted by Gasteiger charge is -2.23. The quantitative estimate of drug-likeness (QED) is 0.619. The number of rotatable bonds is 3. The van der Waals surface area contributed by atoms with E-state index in [9.17, 15) is 20.4 Å². The van der Waals surface area contributed by atoms with Crippen LogP contribution in [0.2, 0.25) is 5.02 Å². The maximum atomic E-state index is 9.89. The third-order valence-corrected chi connectivity index (χ3v) is 3.42. The highest BCUT2D eigenvalue weighted by Crippen LogP contribution is 2.30. The van der Waals surface area contributed by atoms with Crippen LogP contribution in [-0.4, -0.2) is 58.1 Å². The standard InChI is InChI=1S/C13H17ClO6/c14-8-3-1-2-7(4-8)13-19-9(5-15)11(17)12(18)10(6-16)20-13/h1-4,9-13,15-18H,5-6H2/t9-,10+,11-,12-,13?/m1/s1. The largest absolute Gasteiger partial charge is 0.394 e. The molecule has 0 amide bonds. The van der Waals surface area contributed by atoms with Crippen molar-refractivity contribution in [1.29, 1.82) is 0 Å². The van der Waals surface area contributed by atoms with E-state index >= 15 is 0 Å². The lowest BCUT2D eigenvalue weighted by Crippen LogP contribution is -2.45. The predicted octanol–water partition coefficient (Wildman–Crippen LogP) is -0.171. The van der Waals surface area contributed by atoms with Crippen LogP contribution in [0, 0.1) is 0 Å². The molecule has 1 aliphatic heterocycles. The molecule has 0 bridgehead atoms. The van der Waals surface area contributed by atoms with Gasteiger partial charge in [-0.1, -0.05) is 23.7 Å². The summed E-state index contributed by atoms with van der Waals surface area (Å²) in [6.07, 6.45) is -5.71. The molecule has 20 heavy (non-hydrogen) atoms. The summed E-state index contributed by atoms with van der Waals surface area (Å²) >= 11 is 5.89. The van der Waals surface area contributed by atoms with Gasteiger partial charge in [-0.25, -0.2) is 0 Å². The van der Waals surface area contributed by atoms with Crippen LogP contribution in [0.4, 0.5) is 0 Å². The Hall–Kier alpha value is -0.730. The van der Waals surface area contributed by atoms with Gasteiger partial charge in [0, 0.05) is 10.6 Å². The molecular weight excluding hydrogens is 288 g/mol. The second kappa shape index (κ2) is 6.82. The van der Waals surface area contributed by atoms with Gasteiger partial charge in [-0.15, -0.1) is 0 Å². The number of hydrogen-bond acceptors (Lipinski definition) is 6. The Morgan fingerprint density at radius 1 is 1.00 bits per heavy atom.